The standard InChI is InChI=1S/C42H59N7O4S.C4H8/c1-7-49-38-14-13-31(37-26-54-39(46-37)12-10-8-9-11-15-44-45-28-50)20-34(38)36(22-42(5,6)27-53-30(4)51)41(49)35-21-32(23-43-40(35)29(2)3)48-17-16-47-18-19-52-25-33(47)24-48;1-4-2-3-4/h13-14,20-21,23,26,28-29,33,44H,7-12,15-19,22,24-25,27H2,1-6H3,(H,45,50);4H,2-3H2,1H3. The molecule has 0 bridgehead atoms. The summed E-state index contributed by atoms with van der Waals surface area (Å²) in [4.78, 5) is 37.7. The van der Waals surface area contributed by atoms with Gasteiger partial charge in [-0.15, -0.1) is 11.3 Å². The van der Waals surface area contributed by atoms with E-state index in [1.807, 2.05) is 0 Å². The normalized spacial score (nSPS) is 17.2. The fourth-order valence-corrected chi connectivity index (χ4v) is 9.03. The molecule has 0 radical (unpaired) electrons. The Morgan fingerprint density at radius 1 is 1.12 bits per heavy atom. The van der Waals surface area contributed by atoms with Gasteiger partial charge >= 0.3 is 5.97 Å². The largest absolute Gasteiger partial charge is 0.465 e. The zero-order valence-electron chi connectivity index (χ0n) is 36.1. The smallest absolute Gasteiger partial charge is 0.302 e. The number of hydrazine groups is 1. The van der Waals surface area contributed by atoms with Crippen LogP contribution in [0.25, 0.3) is 33.4 Å². The first-order valence-electron chi connectivity index (χ1n) is 21.7. The van der Waals surface area contributed by atoms with E-state index in [0.29, 0.717) is 19.1 Å². The Balaban J connectivity index is 0.00000133. The molecule has 3 aromatic heterocycles. The molecule has 2 aliphatic heterocycles. The van der Waals surface area contributed by atoms with E-state index in [9.17, 15) is 9.59 Å². The second-order valence-corrected chi connectivity index (χ2v) is 18.5. The lowest BCUT2D eigenvalue weighted by Crippen LogP contribution is -2.58. The number of hydrogen-bond acceptors (Lipinski definition) is 10. The lowest BCUT2D eigenvalue weighted by molar-refractivity contribution is -0.143. The molecule has 2 saturated heterocycles. The van der Waals surface area contributed by atoms with Crippen molar-refractivity contribution < 1.29 is 19.1 Å². The number of carbonyl (C=O) groups excluding carboxylic acids is 2. The van der Waals surface area contributed by atoms with Gasteiger partial charge < -0.3 is 18.9 Å². The molecule has 1 aromatic carbocycles. The van der Waals surface area contributed by atoms with E-state index in [4.69, 9.17) is 19.4 Å². The average Bonchev–Trinajstić information content (AvgIpc) is 3.75. The number of morpholine rings is 1. The van der Waals surface area contributed by atoms with Crippen LogP contribution in [0.5, 0.6) is 0 Å². The topological polar surface area (TPSA) is 114 Å². The Morgan fingerprint density at radius 2 is 1.91 bits per heavy atom. The van der Waals surface area contributed by atoms with Crippen molar-refractivity contribution in [2.45, 2.75) is 118 Å². The number of hydrogen-bond donors (Lipinski definition) is 2. The molecule has 0 spiro atoms. The predicted molar refractivity (Wildman–Crippen MR) is 236 cm³/mol. The van der Waals surface area contributed by atoms with Gasteiger partial charge in [0.1, 0.15) is 0 Å². The minimum Gasteiger partial charge on any atom is -0.465 e. The van der Waals surface area contributed by atoms with Crippen LogP contribution in [0.15, 0.2) is 35.8 Å². The first-order valence-corrected chi connectivity index (χ1v) is 22.6. The highest BCUT2D eigenvalue weighted by atomic mass is 32.1. The second kappa shape index (κ2) is 20.4. The second-order valence-electron chi connectivity index (χ2n) is 17.6. The number of carbonyl (C=O) groups is 2. The molecule has 2 N–H and O–H groups in total. The maximum Gasteiger partial charge on any atom is 0.302 e. The molecule has 11 nitrogen and oxygen atoms in total. The summed E-state index contributed by atoms with van der Waals surface area (Å²) in [5.41, 5.74) is 14.3. The minimum atomic E-state index is -0.307. The molecular weight excluding hydrogens is 747 g/mol. The van der Waals surface area contributed by atoms with Crippen molar-refractivity contribution >= 4 is 40.3 Å². The van der Waals surface area contributed by atoms with Gasteiger partial charge in [0.15, 0.2) is 0 Å². The van der Waals surface area contributed by atoms with Crippen molar-refractivity contribution in [1.29, 1.82) is 0 Å². The number of piperazine rings is 1. The summed E-state index contributed by atoms with van der Waals surface area (Å²) in [7, 11) is 0. The number of thiazole rings is 1. The van der Waals surface area contributed by atoms with E-state index >= 15 is 0 Å². The number of nitrogens with zero attached hydrogens (tertiary/aromatic N) is 5. The number of rotatable bonds is 18. The lowest BCUT2D eigenvalue weighted by Gasteiger charge is -2.44. The zero-order chi connectivity index (χ0) is 41.2. The Hall–Kier alpha value is -3.84. The average molecular weight is 814 g/mol. The molecule has 1 atom stereocenters. The van der Waals surface area contributed by atoms with Crippen LogP contribution < -0.4 is 15.8 Å². The Morgan fingerprint density at radius 3 is 2.64 bits per heavy atom. The number of pyridine rings is 1. The Kier molecular flexibility index (Phi) is 15.4. The maximum atomic E-state index is 12.0. The van der Waals surface area contributed by atoms with Crippen LogP contribution in [0.4, 0.5) is 5.69 Å². The SMILES string of the molecule is CC1CC1.CCn1c(-c2cc(N3CCN4CCOCC4C3)cnc2C(C)C)c(CC(C)(C)COC(C)=O)c2cc(-c3csc(CCCCCCNNC=O)n3)ccc21. The number of amides is 1. The highest BCUT2D eigenvalue weighted by molar-refractivity contribution is 7.09. The van der Waals surface area contributed by atoms with Gasteiger partial charge in [0.05, 0.1) is 59.8 Å². The summed E-state index contributed by atoms with van der Waals surface area (Å²) in [6, 6.07) is 9.59. The summed E-state index contributed by atoms with van der Waals surface area (Å²) >= 11 is 1.74. The van der Waals surface area contributed by atoms with Gasteiger partial charge in [0, 0.05) is 79.0 Å². The van der Waals surface area contributed by atoms with Crippen molar-refractivity contribution in [2.75, 3.05) is 57.4 Å². The molecule has 1 saturated carbocycles. The van der Waals surface area contributed by atoms with Crippen molar-refractivity contribution in [3.8, 4) is 22.5 Å². The summed E-state index contributed by atoms with van der Waals surface area (Å²) in [5, 5.41) is 4.56. The number of aromatic nitrogens is 3. The van der Waals surface area contributed by atoms with Gasteiger partial charge in [-0.1, -0.05) is 66.4 Å². The number of fused-ring (bicyclic) bond motifs is 2. The third-order valence-corrected chi connectivity index (χ3v) is 12.5. The molecule has 1 aliphatic carbocycles. The number of ether oxygens (including phenoxy) is 2. The van der Waals surface area contributed by atoms with E-state index in [1.165, 1.54) is 47.5 Å². The number of nitrogens with one attached hydrogen (secondary N) is 2. The monoisotopic (exact) mass is 813 g/mol. The van der Waals surface area contributed by atoms with Gasteiger partial charge in [0.2, 0.25) is 6.41 Å². The number of anilines is 1. The van der Waals surface area contributed by atoms with E-state index in [0.717, 1.165) is 125 Å². The predicted octanol–water partition coefficient (Wildman–Crippen LogP) is 8.39. The van der Waals surface area contributed by atoms with Crippen LogP contribution >= 0.6 is 11.3 Å². The van der Waals surface area contributed by atoms with Crippen molar-refractivity contribution in [3.63, 3.8) is 0 Å². The molecule has 12 heteroatoms. The van der Waals surface area contributed by atoms with Gasteiger partial charge in [-0.2, -0.15) is 0 Å². The van der Waals surface area contributed by atoms with Crippen LogP contribution in [0.2, 0.25) is 0 Å². The molecule has 3 aliphatic rings. The van der Waals surface area contributed by atoms with Gasteiger partial charge in [0.25, 0.3) is 0 Å². The quantitative estimate of drug-likeness (QED) is 0.0443. The molecule has 4 aromatic rings. The number of aryl methyl sites for hydroxylation is 2. The van der Waals surface area contributed by atoms with Gasteiger partial charge in [-0.25, -0.2) is 10.4 Å². The lowest BCUT2D eigenvalue weighted by atomic mass is 9.84. The summed E-state index contributed by atoms with van der Waals surface area (Å²) < 4.78 is 14.0. The Labute approximate surface area is 350 Å². The Bertz CT molecular complexity index is 1970. The third-order valence-electron chi connectivity index (χ3n) is 11.6. The molecule has 7 rings (SSSR count). The zero-order valence-corrected chi connectivity index (χ0v) is 36.9. The van der Waals surface area contributed by atoms with E-state index in [1.54, 1.807) is 11.3 Å². The number of esters is 1. The fraction of sp³-hybridized carbons (Fsp3) is 0.609. The van der Waals surface area contributed by atoms with Crippen LogP contribution in [0.1, 0.15) is 109 Å². The first kappa shape index (κ1) is 43.7. The van der Waals surface area contributed by atoms with Crippen molar-refractivity contribution in [2.24, 2.45) is 11.3 Å². The maximum absolute atomic E-state index is 12.0. The minimum absolute atomic E-state index is 0.225. The highest BCUT2D eigenvalue weighted by Crippen LogP contribution is 2.43. The van der Waals surface area contributed by atoms with E-state index in [2.05, 4.69) is 103 Å². The van der Waals surface area contributed by atoms with Crippen molar-refractivity contribution in [3.05, 3.63) is 52.1 Å². The molecule has 3 fully saturated rings. The van der Waals surface area contributed by atoms with Crippen LogP contribution in [0, 0.1) is 11.3 Å². The molecule has 58 heavy (non-hydrogen) atoms. The van der Waals surface area contributed by atoms with Gasteiger partial charge in [-0.3, -0.25) is 24.9 Å². The molecule has 316 valence electrons. The summed E-state index contributed by atoms with van der Waals surface area (Å²) in [6.07, 6.45) is 11.8. The van der Waals surface area contributed by atoms with Crippen LogP contribution in [-0.2, 0) is 38.4 Å². The summed E-state index contributed by atoms with van der Waals surface area (Å²) in [5.74, 6) is 1.05. The van der Waals surface area contributed by atoms with Crippen LogP contribution in [0.3, 0.4) is 0 Å². The number of benzene rings is 1. The van der Waals surface area contributed by atoms with Gasteiger partial charge in [-0.05, 0) is 68.2 Å². The fourth-order valence-electron chi connectivity index (χ4n) is 8.18. The molecule has 1 unspecified atom stereocenters. The molecule has 5 heterocycles. The van der Waals surface area contributed by atoms with E-state index in [-0.39, 0.29) is 17.3 Å². The van der Waals surface area contributed by atoms with Crippen molar-refractivity contribution in [1.82, 2.24) is 30.3 Å². The van der Waals surface area contributed by atoms with Crippen LogP contribution in [-0.4, -0.2) is 90.4 Å². The highest BCUT2D eigenvalue weighted by Gasteiger charge is 2.32. The number of unbranched alkanes of at least 4 members (excludes halogenated alkanes) is 3. The first-order chi connectivity index (χ1) is 28.0. The summed E-state index contributed by atoms with van der Waals surface area (Å²) in [6.45, 7) is 22.3. The molecular formula is C46H67N7O4S. The third kappa shape index (κ3) is 11.5. The van der Waals surface area contributed by atoms with E-state index < -0.39 is 0 Å². The molecule has 1 amide bonds.